The summed E-state index contributed by atoms with van der Waals surface area (Å²) in [6, 6.07) is 9.63. The second kappa shape index (κ2) is 8.64. The molecule has 0 fully saturated rings. The van der Waals surface area contributed by atoms with Gasteiger partial charge >= 0.3 is 0 Å². The molecule has 1 N–H and O–H groups in total. The number of nitrogens with one attached hydrogen (secondary N) is 1. The molecule has 8 nitrogen and oxygen atoms in total. The van der Waals surface area contributed by atoms with Crippen molar-refractivity contribution >= 4 is 11.7 Å². The standard InChI is InChI=1S/C19H25N7O/c1-24(2)9-8-21-19(27)7-6-15-12-17-14-25(10-11-26(17)23-15)18-5-3-4-16(13-20)22-18/h3-5,12H,6-11,14H2,1-2H3,(H,21,27). The number of nitrogens with zero attached hydrogens (tertiary/aromatic N) is 6. The molecule has 0 bridgehead atoms. The van der Waals surface area contributed by atoms with Crippen molar-refractivity contribution in [3.63, 3.8) is 0 Å². The van der Waals surface area contributed by atoms with Crippen LogP contribution in [0.25, 0.3) is 0 Å². The van der Waals surface area contributed by atoms with Gasteiger partial charge in [-0.25, -0.2) is 4.98 Å². The lowest BCUT2D eigenvalue weighted by atomic mass is 10.2. The van der Waals surface area contributed by atoms with Crippen molar-refractivity contribution in [1.82, 2.24) is 25.0 Å². The summed E-state index contributed by atoms with van der Waals surface area (Å²) in [6.07, 6.45) is 1.08. The van der Waals surface area contributed by atoms with Crippen molar-refractivity contribution in [2.75, 3.05) is 38.6 Å². The minimum atomic E-state index is 0.0574. The van der Waals surface area contributed by atoms with Gasteiger partial charge in [0, 0.05) is 32.5 Å². The summed E-state index contributed by atoms with van der Waals surface area (Å²) in [6.45, 7) is 3.75. The van der Waals surface area contributed by atoms with Crippen LogP contribution in [-0.2, 0) is 24.3 Å². The quantitative estimate of drug-likeness (QED) is 0.778. The van der Waals surface area contributed by atoms with Gasteiger partial charge in [0.25, 0.3) is 0 Å². The van der Waals surface area contributed by atoms with Crippen molar-refractivity contribution in [3.8, 4) is 6.07 Å². The van der Waals surface area contributed by atoms with E-state index >= 15 is 0 Å². The lowest BCUT2D eigenvalue weighted by Gasteiger charge is -2.28. The molecule has 0 saturated heterocycles. The molecule has 2 aromatic rings. The second-order valence-electron chi connectivity index (χ2n) is 6.92. The lowest BCUT2D eigenvalue weighted by molar-refractivity contribution is -0.121. The average molecular weight is 367 g/mol. The minimum absolute atomic E-state index is 0.0574. The number of amides is 1. The van der Waals surface area contributed by atoms with E-state index in [1.807, 2.05) is 35.8 Å². The molecule has 0 radical (unpaired) electrons. The zero-order chi connectivity index (χ0) is 19.2. The maximum absolute atomic E-state index is 11.9. The Labute approximate surface area is 159 Å². The number of hydrogen-bond donors (Lipinski definition) is 1. The van der Waals surface area contributed by atoms with E-state index in [4.69, 9.17) is 5.26 Å². The van der Waals surface area contributed by atoms with Gasteiger partial charge in [-0.1, -0.05) is 6.07 Å². The van der Waals surface area contributed by atoms with Crippen molar-refractivity contribution in [3.05, 3.63) is 41.3 Å². The number of anilines is 1. The third-order valence-corrected chi connectivity index (χ3v) is 4.51. The summed E-state index contributed by atoms with van der Waals surface area (Å²) >= 11 is 0. The highest BCUT2D eigenvalue weighted by molar-refractivity contribution is 5.76. The minimum Gasteiger partial charge on any atom is -0.355 e. The van der Waals surface area contributed by atoms with Crippen molar-refractivity contribution in [1.29, 1.82) is 5.26 Å². The Hall–Kier alpha value is -2.92. The first-order valence-corrected chi connectivity index (χ1v) is 9.14. The molecular weight excluding hydrogens is 342 g/mol. The first-order chi connectivity index (χ1) is 13.0. The molecule has 0 aromatic carbocycles. The molecule has 8 heteroatoms. The summed E-state index contributed by atoms with van der Waals surface area (Å²) < 4.78 is 2.00. The van der Waals surface area contributed by atoms with E-state index in [-0.39, 0.29) is 5.91 Å². The number of rotatable bonds is 7. The molecule has 3 heterocycles. The highest BCUT2D eigenvalue weighted by Crippen LogP contribution is 2.20. The van der Waals surface area contributed by atoms with E-state index in [9.17, 15) is 4.79 Å². The van der Waals surface area contributed by atoms with Gasteiger partial charge in [0.1, 0.15) is 17.6 Å². The summed E-state index contributed by atoms with van der Waals surface area (Å²) in [4.78, 5) is 20.5. The summed E-state index contributed by atoms with van der Waals surface area (Å²) in [7, 11) is 3.97. The average Bonchev–Trinajstić information content (AvgIpc) is 3.08. The van der Waals surface area contributed by atoms with Crippen LogP contribution < -0.4 is 10.2 Å². The Balaban J connectivity index is 1.55. The summed E-state index contributed by atoms with van der Waals surface area (Å²) in [5, 5.41) is 16.6. The van der Waals surface area contributed by atoms with Crippen LogP contribution in [0.2, 0.25) is 0 Å². The van der Waals surface area contributed by atoms with Crippen LogP contribution in [0.4, 0.5) is 5.82 Å². The summed E-state index contributed by atoms with van der Waals surface area (Å²) in [5.41, 5.74) is 2.47. The zero-order valence-corrected chi connectivity index (χ0v) is 15.9. The molecule has 0 spiro atoms. The van der Waals surface area contributed by atoms with Crippen LogP contribution in [0.5, 0.6) is 0 Å². The Bertz CT molecular complexity index is 837. The van der Waals surface area contributed by atoms with Crippen LogP contribution in [0.3, 0.4) is 0 Å². The van der Waals surface area contributed by atoms with Crippen molar-refractivity contribution in [2.45, 2.75) is 25.9 Å². The number of pyridine rings is 1. The maximum Gasteiger partial charge on any atom is 0.220 e. The van der Waals surface area contributed by atoms with Gasteiger partial charge < -0.3 is 15.1 Å². The molecule has 0 aliphatic carbocycles. The SMILES string of the molecule is CN(C)CCNC(=O)CCc1cc2n(n1)CCN(c1cccc(C#N)n1)C2. The van der Waals surface area contributed by atoms with Crippen molar-refractivity contribution in [2.24, 2.45) is 0 Å². The Morgan fingerprint density at radius 3 is 3.00 bits per heavy atom. The molecule has 1 amide bonds. The highest BCUT2D eigenvalue weighted by atomic mass is 16.1. The van der Waals surface area contributed by atoms with E-state index in [1.54, 1.807) is 6.07 Å². The van der Waals surface area contributed by atoms with Gasteiger partial charge in [0.05, 0.1) is 24.5 Å². The first-order valence-electron chi connectivity index (χ1n) is 9.14. The molecule has 1 aliphatic heterocycles. The Morgan fingerprint density at radius 2 is 2.22 bits per heavy atom. The molecule has 1 aliphatic rings. The monoisotopic (exact) mass is 367 g/mol. The molecule has 0 saturated carbocycles. The Morgan fingerprint density at radius 1 is 1.37 bits per heavy atom. The fourth-order valence-corrected chi connectivity index (χ4v) is 3.05. The van der Waals surface area contributed by atoms with E-state index in [1.165, 1.54) is 0 Å². The molecule has 2 aromatic heterocycles. The van der Waals surface area contributed by atoms with Gasteiger partial charge in [-0.2, -0.15) is 10.4 Å². The number of aromatic nitrogens is 3. The molecule has 0 unspecified atom stereocenters. The fraction of sp³-hybridized carbons (Fsp3) is 0.474. The first kappa shape index (κ1) is 18.9. The van der Waals surface area contributed by atoms with Crippen LogP contribution >= 0.6 is 0 Å². The Kier molecular flexibility index (Phi) is 6.04. The number of hydrogen-bond acceptors (Lipinski definition) is 6. The zero-order valence-electron chi connectivity index (χ0n) is 15.9. The number of fused-ring (bicyclic) bond motifs is 1. The smallest absolute Gasteiger partial charge is 0.220 e. The topological polar surface area (TPSA) is 90.1 Å². The summed E-state index contributed by atoms with van der Waals surface area (Å²) in [5.74, 6) is 0.866. The molecule has 0 atom stereocenters. The van der Waals surface area contributed by atoms with Gasteiger partial charge in [-0.05, 0) is 32.3 Å². The van der Waals surface area contributed by atoms with Gasteiger partial charge in [-0.3, -0.25) is 9.48 Å². The van der Waals surface area contributed by atoms with E-state index in [0.717, 1.165) is 36.8 Å². The van der Waals surface area contributed by atoms with Crippen molar-refractivity contribution < 1.29 is 4.79 Å². The van der Waals surface area contributed by atoms with Gasteiger partial charge in [0.2, 0.25) is 5.91 Å². The maximum atomic E-state index is 11.9. The number of likely N-dealkylation sites (N-methyl/N-ethyl adjacent to an activating group) is 1. The normalized spacial score (nSPS) is 13.3. The third kappa shape index (κ3) is 5.05. The molecule has 27 heavy (non-hydrogen) atoms. The predicted octanol–water partition coefficient (Wildman–Crippen LogP) is 0.780. The molecule has 142 valence electrons. The van der Waals surface area contributed by atoms with Gasteiger partial charge in [0.15, 0.2) is 0 Å². The molecular formula is C19H25N7O. The van der Waals surface area contributed by atoms with E-state index < -0.39 is 0 Å². The van der Waals surface area contributed by atoms with E-state index in [2.05, 4.69) is 32.4 Å². The van der Waals surface area contributed by atoms with Gasteiger partial charge in [-0.15, -0.1) is 0 Å². The number of aryl methyl sites for hydroxylation is 1. The second-order valence-corrected chi connectivity index (χ2v) is 6.92. The van der Waals surface area contributed by atoms with Crippen LogP contribution in [0, 0.1) is 11.3 Å². The van der Waals surface area contributed by atoms with Crippen LogP contribution in [0.15, 0.2) is 24.3 Å². The highest BCUT2D eigenvalue weighted by Gasteiger charge is 2.20. The number of carbonyl (C=O) groups is 1. The number of carbonyl (C=O) groups excluding carboxylic acids is 1. The van der Waals surface area contributed by atoms with E-state index in [0.29, 0.717) is 31.6 Å². The number of nitriles is 1. The molecule has 3 rings (SSSR count). The van der Waals surface area contributed by atoms with Crippen LogP contribution in [-0.4, -0.2) is 59.3 Å². The predicted molar refractivity (Wildman–Crippen MR) is 102 cm³/mol. The third-order valence-electron chi connectivity index (χ3n) is 4.51. The lowest BCUT2D eigenvalue weighted by Crippen LogP contribution is -2.34. The fourth-order valence-electron chi connectivity index (χ4n) is 3.05. The largest absolute Gasteiger partial charge is 0.355 e. The van der Waals surface area contributed by atoms with Crippen LogP contribution in [0.1, 0.15) is 23.5 Å².